The Bertz CT molecular complexity index is 467. The van der Waals surface area contributed by atoms with Gasteiger partial charge in [0.05, 0.1) is 6.67 Å². The quantitative estimate of drug-likeness (QED) is 0.849. The topological polar surface area (TPSA) is 26.0 Å². The molecule has 2 rings (SSSR count). The molecule has 0 aliphatic heterocycles. The number of halogens is 1. The molecule has 17 heavy (non-hydrogen) atoms. The third-order valence-electron chi connectivity index (χ3n) is 2.84. The van der Waals surface area contributed by atoms with Crippen molar-refractivity contribution in [2.24, 2.45) is 5.73 Å². The van der Waals surface area contributed by atoms with E-state index < -0.39 is 0 Å². The van der Waals surface area contributed by atoms with Crippen molar-refractivity contribution in [3.05, 3.63) is 60.2 Å². The molecule has 2 N–H and O–H groups in total. The molecule has 0 aliphatic rings. The molecular formula is C15H16FN. The van der Waals surface area contributed by atoms with E-state index in [1.54, 1.807) is 0 Å². The normalized spacial score (nSPS) is 12.4. The lowest BCUT2D eigenvalue weighted by molar-refractivity contribution is 0.442. The van der Waals surface area contributed by atoms with E-state index in [4.69, 9.17) is 5.73 Å². The second-order valence-electron chi connectivity index (χ2n) is 4.08. The summed E-state index contributed by atoms with van der Waals surface area (Å²) in [4.78, 5) is 0. The molecule has 0 aliphatic carbocycles. The zero-order valence-corrected chi connectivity index (χ0v) is 9.64. The van der Waals surface area contributed by atoms with Gasteiger partial charge in [0.1, 0.15) is 0 Å². The van der Waals surface area contributed by atoms with E-state index in [0.717, 1.165) is 16.7 Å². The third-order valence-corrected chi connectivity index (χ3v) is 2.84. The molecule has 2 aromatic rings. The standard InChI is InChI=1S/C15H16FN/c16-10-9-15(17)14-8-4-7-13(11-14)12-5-2-1-3-6-12/h1-8,11,15H,9-10,17H2/t15-/m0/s1. The van der Waals surface area contributed by atoms with Crippen LogP contribution in [0.15, 0.2) is 54.6 Å². The Hall–Kier alpha value is -1.67. The van der Waals surface area contributed by atoms with Crippen LogP contribution in [0.1, 0.15) is 18.0 Å². The summed E-state index contributed by atoms with van der Waals surface area (Å²) in [6.45, 7) is -0.378. The SMILES string of the molecule is N[C@@H](CCF)c1cccc(-c2ccccc2)c1. The fraction of sp³-hybridized carbons (Fsp3) is 0.200. The van der Waals surface area contributed by atoms with Crippen LogP contribution >= 0.6 is 0 Å². The highest BCUT2D eigenvalue weighted by Crippen LogP contribution is 2.23. The number of benzene rings is 2. The average Bonchev–Trinajstić information content (AvgIpc) is 2.40. The molecule has 0 heterocycles. The Balaban J connectivity index is 2.29. The van der Waals surface area contributed by atoms with Crippen LogP contribution < -0.4 is 5.73 Å². The van der Waals surface area contributed by atoms with E-state index >= 15 is 0 Å². The number of rotatable bonds is 4. The first-order valence-corrected chi connectivity index (χ1v) is 5.78. The lowest BCUT2D eigenvalue weighted by atomic mass is 9.99. The van der Waals surface area contributed by atoms with Crippen molar-refractivity contribution in [1.82, 2.24) is 0 Å². The molecule has 0 aromatic heterocycles. The van der Waals surface area contributed by atoms with E-state index in [1.807, 2.05) is 42.5 Å². The Kier molecular flexibility index (Phi) is 3.89. The van der Waals surface area contributed by atoms with Crippen molar-refractivity contribution in [1.29, 1.82) is 0 Å². The predicted octanol–water partition coefficient (Wildman–Crippen LogP) is 3.71. The smallest absolute Gasteiger partial charge is 0.0912 e. The lowest BCUT2D eigenvalue weighted by Gasteiger charge is -2.11. The maximum atomic E-state index is 12.3. The number of hydrogen-bond acceptors (Lipinski definition) is 1. The molecule has 0 fully saturated rings. The Morgan fingerprint density at radius 3 is 2.35 bits per heavy atom. The first kappa shape index (κ1) is 11.8. The van der Waals surface area contributed by atoms with Gasteiger partial charge < -0.3 is 5.73 Å². The number of nitrogens with two attached hydrogens (primary N) is 1. The summed E-state index contributed by atoms with van der Waals surface area (Å²) < 4.78 is 12.3. The van der Waals surface area contributed by atoms with Crippen molar-refractivity contribution >= 4 is 0 Å². The Morgan fingerprint density at radius 2 is 1.65 bits per heavy atom. The second-order valence-corrected chi connectivity index (χ2v) is 4.08. The summed E-state index contributed by atoms with van der Waals surface area (Å²) >= 11 is 0. The van der Waals surface area contributed by atoms with Crippen molar-refractivity contribution in [2.45, 2.75) is 12.5 Å². The van der Waals surface area contributed by atoms with Crippen LogP contribution in [0.25, 0.3) is 11.1 Å². The summed E-state index contributed by atoms with van der Waals surface area (Å²) in [5.74, 6) is 0. The summed E-state index contributed by atoms with van der Waals surface area (Å²) in [5.41, 5.74) is 9.18. The average molecular weight is 229 g/mol. The summed E-state index contributed by atoms with van der Waals surface area (Å²) in [5, 5.41) is 0. The molecule has 0 saturated carbocycles. The molecule has 1 atom stereocenters. The van der Waals surface area contributed by atoms with E-state index in [-0.39, 0.29) is 12.7 Å². The molecule has 0 amide bonds. The van der Waals surface area contributed by atoms with Gasteiger partial charge in [-0.25, -0.2) is 0 Å². The van der Waals surface area contributed by atoms with Gasteiger partial charge in [0.15, 0.2) is 0 Å². The molecule has 0 unspecified atom stereocenters. The minimum absolute atomic E-state index is 0.219. The molecular weight excluding hydrogens is 213 g/mol. The van der Waals surface area contributed by atoms with E-state index in [2.05, 4.69) is 12.1 Å². The van der Waals surface area contributed by atoms with Crippen molar-refractivity contribution in [3.63, 3.8) is 0 Å². The molecule has 0 radical (unpaired) electrons. The Morgan fingerprint density at radius 1 is 0.941 bits per heavy atom. The van der Waals surface area contributed by atoms with Crippen molar-refractivity contribution in [3.8, 4) is 11.1 Å². The monoisotopic (exact) mass is 229 g/mol. The molecule has 1 nitrogen and oxygen atoms in total. The highest BCUT2D eigenvalue weighted by atomic mass is 19.1. The highest BCUT2D eigenvalue weighted by Gasteiger charge is 2.06. The summed E-state index contributed by atoms with van der Waals surface area (Å²) in [7, 11) is 0. The van der Waals surface area contributed by atoms with E-state index in [9.17, 15) is 4.39 Å². The maximum Gasteiger partial charge on any atom is 0.0912 e. The third kappa shape index (κ3) is 2.92. The van der Waals surface area contributed by atoms with Crippen molar-refractivity contribution in [2.75, 3.05) is 6.67 Å². The molecule has 2 heteroatoms. The van der Waals surface area contributed by atoms with Crippen LogP contribution in [0.3, 0.4) is 0 Å². The fourth-order valence-corrected chi connectivity index (χ4v) is 1.86. The van der Waals surface area contributed by atoms with Crippen LogP contribution in [0, 0.1) is 0 Å². The van der Waals surface area contributed by atoms with Crippen LogP contribution in [0.5, 0.6) is 0 Å². The van der Waals surface area contributed by atoms with Crippen LogP contribution in [-0.4, -0.2) is 6.67 Å². The maximum absolute atomic E-state index is 12.3. The van der Waals surface area contributed by atoms with Gasteiger partial charge in [0, 0.05) is 6.04 Å². The molecule has 88 valence electrons. The zero-order chi connectivity index (χ0) is 12.1. The van der Waals surface area contributed by atoms with Crippen LogP contribution in [0.2, 0.25) is 0 Å². The van der Waals surface area contributed by atoms with Gasteiger partial charge in [0.25, 0.3) is 0 Å². The molecule has 0 saturated heterocycles. The van der Waals surface area contributed by atoms with Crippen LogP contribution in [-0.2, 0) is 0 Å². The summed E-state index contributed by atoms with van der Waals surface area (Å²) in [6, 6.07) is 17.9. The predicted molar refractivity (Wildman–Crippen MR) is 69.4 cm³/mol. The summed E-state index contributed by atoms with van der Waals surface area (Å²) in [6.07, 6.45) is 0.373. The van der Waals surface area contributed by atoms with Gasteiger partial charge >= 0.3 is 0 Å². The number of hydrogen-bond donors (Lipinski definition) is 1. The van der Waals surface area contributed by atoms with E-state index in [1.165, 1.54) is 0 Å². The van der Waals surface area contributed by atoms with Gasteiger partial charge in [-0.3, -0.25) is 4.39 Å². The minimum atomic E-state index is -0.378. The van der Waals surface area contributed by atoms with Crippen LogP contribution in [0.4, 0.5) is 4.39 Å². The zero-order valence-electron chi connectivity index (χ0n) is 9.64. The molecule has 0 spiro atoms. The second kappa shape index (κ2) is 5.60. The van der Waals surface area contributed by atoms with Gasteiger partial charge in [-0.05, 0) is 29.2 Å². The first-order chi connectivity index (χ1) is 8.31. The first-order valence-electron chi connectivity index (χ1n) is 5.78. The minimum Gasteiger partial charge on any atom is -0.324 e. The lowest BCUT2D eigenvalue weighted by Crippen LogP contribution is -2.10. The van der Waals surface area contributed by atoms with Gasteiger partial charge in [-0.15, -0.1) is 0 Å². The van der Waals surface area contributed by atoms with Crippen molar-refractivity contribution < 1.29 is 4.39 Å². The van der Waals surface area contributed by atoms with Gasteiger partial charge in [0.2, 0.25) is 0 Å². The van der Waals surface area contributed by atoms with Gasteiger partial charge in [-0.1, -0.05) is 48.5 Å². The molecule has 0 bridgehead atoms. The van der Waals surface area contributed by atoms with E-state index in [0.29, 0.717) is 6.42 Å². The van der Waals surface area contributed by atoms with Gasteiger partial charge in [-0.2, -0.15) is 0 Å². The fourth-order valence-electron chi connectivity index (χ4n) is 1.86. The Labute approximate surface area is 101 Å². The highest BCUT2D eigenvalue weighted by molar-refractivity contribution is 5.64. The number of alkyl halides is 1. The largest absolute Gasteiger partial charge is 0.324 e. The molecule has 2 aromatic carbocycles.